The third kappa shape index (κ3) is 5.75. The van der Waals surface area contributed by atoms with Gasteiger partial charge in [-0.2, -0.15) is 4.57 Å². The number of nitro groups is 2. The maximum Gasteiger partial charge on any atom is 0.284 e. The van der Waals surface area contributed by atoms with Crippen molar-refractivity contribution in [2.45, 2.75) is 37.1 Å². The Kier molecular flexibility index (Phi) is 7.97. The number of unbranched alkanes of at least 4 members (excludes halogenated alkanes) is 2. The number of pyridine rings is 1. The van der Waals surface area contributed by atoms with E-state index in [1.54, 1.807) is 12.1 Å². The first-order valence-corrected chi connectivity index (χ1v) is 13.9. The van der Waals surface area contributed by atoms with Crippen LogP contribution in [0.1, 0.15) is 31.2 Å². The zero-order valence-electron chi connectivity index (χ0n) is 22.2. The Morgan fingerprint density at radius 1 is 0.976 bits per heavy atom. The second-order valence-corrected chi connectivity index (χ2v) is 10.7. The number of carbonyl (C=O) groups is 1. The molecule has 3 aromatic carbocycles. The number of hydrogen-bond acceptors (Lipinski definition) is 8. The number of benzene rings is 3. The first-order valence-electron chi connectivity index (χ1n) is 13.0. The number of rotatable bonds is 10. The fourth-order valence-corrected chi connectivity index (χ4v) is 6.22. The van der Waals surface area contributed by atoms with Gasteiger partial charge in [-0.05, 0) is 49.1 Å². The zero-order valence-corrected chi connectivity index (χ0v) is 23.0. The van der Waals surface area contributed by atoms with Gasteiger partial charge >= 0.3 is 0 Å². The van der Waals surface area contributed by atoms with E-state index in [9.17, 15) is 30.1 Å². The maximum absolute atomic E-state index is 11.6. The van der Waals surface area contributed by atoms with E-state index in [2.05, 4.69) is 16.7 Å². The average molecular weight is 571 g/mol. The molecule has 0 saturated heterocycles. The second-order valence-electron chi connectivity index (χ2n) is 9.68. The summed E-state index contributed by atoms with van der Waals surface area (Å²) in [6, 6.07) is 16.0. The van der Waals surface area contributed by atoms with Crippen LogP contribution in [0.3, 0.4) is 0 Å². The normalized spacial score (nSPS) is 13.9. The number of thioether (sulfide) groups is 1. The van der Waals surface area contributed by atoms with Crippen molar-refractivity contribution in [1.82, 2.24) is 0 Å². The van der Waals surface area contributed by atoms with Crippen LogP contribution in [0.5, 0.6) is 0 Å². The minimum Gasteiger partial charge on any atom is -0.550 e. The van der Waals surface area contributed by atoms with Crippen molar-refractivity contribution in [1.29, 1.82) is 0 Å². The number of carboxylic acid groups (broad SMARTS) is 1. The molecule has 0 radical (unpaired) electrons. The quantitative estimate of drug-likeness (QED) is 0.106. The molecule has 2 heterocycles. The molecule has 0 saturated carbocycles. The molecular weight excluding hydrogens is 544 g/mol. The number of non-ortho nitro benzene ring substituents is 2. The number of aryl methyl sites for hydroxylation is 1. The van der Waals surface area contributed by atoms with Crippen LogP contribution < -0.4 is 14.6 Å². The third-order valence-corrected chi connectivity index (χ3v) is 8.34. The fraction of sp³-hybridized carbons (Fsp3) is 0.200. The van der Waals surface area contributed by atoms with E-state index < -0.39 is 15.8 Å². The minimum absolute atomic E-state index is 0.0826. The molecule has 4 aromatic rings. The summed E-state index contributed by atoms with van der Waals surface area (Å²) in [5, 5.41) is 36.5. The number of anilines is 1. The summed E-state index contributed by atoms with van der Waals surface area (Å²) in [6.07, 6.45) is 10.3. The van der Waals surface area contributed by atoms with Crippen LogP contribution in [0.15, 0.2) is 82.9 Å². The van der Waals surface area contributed by atoms with Gasteiger partial charge in [-0.25, -0.2) is 0 Å². The van der Waals surface area contributed by atoms with Crippen molar-refractivity contribution in [2.75, 3.05) is 11.9 Å². The molecular formula is C30H26N4O6S. The number of nitrogens with zero attached hydrogens (tertiary/aromatic N) is 4. The molecule has 0 bridgehead atoms. The van der Waals surface area contributed by atoms with Gasteiger partial charge in [-0.1, -0.05) is 36.0 Å². The molecule has 11 heteroatoms. The number of hydrogen-bond donors (Lipinski definition) is 0. The van der Waals surface area contributed by atoms with Gasteiger partial charge in [0.25, 0.3) is 11.4 Å². The van der Waals surface area contributed by atoms with Crippen molar-refractivity contribution < 1.29 is 24.3 Å². The Balaban J connectivity index is 1.40. The van der Waals surface area contributed by atoms with Crippen molar-refractivity contribution in [3.63, 3.8) is 0 Å². The van der Waals surface area contributed by atoms with Crippen molar-refractivity contribution in [2.24, 2.45) is 0 Å². The van der Waals surface area contributed by atoms with E-state index in [1.807, 2.05) is 54.6 Å². The van der Waals surface area contributed by atoms with E-state index in [0.29, 0.717) is 17.2 Å². The van der Waals surface area contributed by atoms with Crippen LogP contribution in [-0.4, -0.2) is 22.9 Å². The molecule has 5 rings (SSSR count). The van der Waals surface area contributed by atoms with E-state index in [-0.39, 0.29) is 17.8 Å². The maximum atomic E-state index is 11.6. The van der Waals surface area contributed by atoms with Gasteiger partial charge in [0.1, 0.15) is 6.54 Å². The Labute approximate surface area is 239 Å². The van der Waals surface area contributed by atoms with Crippen LogP contribution >= 0.6 is 11.8 Å². The largest absolute Gasteiger partial charge is 0.550 e. The van der Waals surface area contributed by atoms with Gasteiger partial charge in [0.05, 0.1) is 37.4 Å². The topological polar surface area (TPSA) is 134 Å². The van der Waals surface area contributed by atoms with Gasteiger partial charge < -0.3 is 14.8 Å². The molecule has 1 aliphatic rings. The number of aliphatic carboxylic acids is 1. The lowest BCUT2D eigenvalue weighted by atomic mass is 10.1. The Bertz CT molecular complexity index is 1770. The van der Waals surface area contributed by atoms with Crippen molar-refractivity contribution in [3.05, 3.63) is 104 Å². The van der Waals surface area contributed by atoms with Crippen molar-refractivity contribution in [3.8, 4) is 0 Å². The molecule has 41 heavy (non-hydrogen) atoms. The fourth-order valence-electron chi connectivity index (χ4n) is 5.04. The molecule has 0 spiro atoms. The van der Waals surface area contributed by atoms with Crippen LogP contribution in [0.4, 0.5) is 17.1 Å². The van der Waals surface area contributed by atoms with Crippen LogP contribution in [0.25, 0.3) is 27.8 Å². The lowest BCUT2D eigenvalue weighted by molar-refractivity contribution is -0.671. The Morgan fingerprint density at radius 3 is 2.54 bits per heavy atom. The molecule has 208 valence electrons. The highest BCUT2D eigenvalue weighted by atomic mass is 32.2. The lowest BCUT2D eigenvalue weighted by Crippen LogP contribution is -2.34. The smallest absolute Gasteiger partial charge is 0.284 e. The number of carboxylic acids is 1. The summed E-state index contributed by atoms with van der Waals surface area (Å²) < 4.78 is 2.17. The van der Waals surface area contributed by atoms with Gasteiger partial charge in [0.15, 0.2) is 6.20 Å². The molecule has 1 aromatic heterocycles. The van der Waals surface area contributed by atoms with E-state index in [4.69, 9.17) is 0 Å². The van der Waals surface area contributed by atoms with E-state index >= 15 is 0 Å². The standard InChI is InChI=1S/C30H26N4O6S/c1-31-26-14-13-23-24(18-21(33(37)38)19-27(23)34(39)40)30(26)41-28(31)11-7-8-20-15-17-32(16-6-2-3-12-29(35)36)25-10-5-4-9-22(20)25/h4-5,7-11,13-15,17-19H,2-3,6,12,16H2,1H3. The summed E-state index contributed by atoms with van der Waals surface area (Å²) in [5.74, 6) is -1.01. The Hall–Kier alpha value is -4.77. The van der Waals surface area contributed by atoms with Crippen LogP contribution in [0, 0.1) is 20.2 Å². The zero-order chi connectivity index (χ0) is 29.1. The molecule has 0 amide bonds. The SMILES string of the molecule is CN1/C(=C\C=C\c2cc[n+](CCCCCC(=O)[O-])c3ccccc23)Sc2c1ccc1c([N+](=O)[O-])cc([N+](=O)[O-])cc21. The molecule has 1 aliphatic heterocycles. The van der Waals surface area contributed by atoms with Gasteiger partial charge in [-0.15, -0.1) is 0 Å². The number of allylic oxidation sites excluding steroid dienone is 2. The summed E-state index contributed by atoms with van der Waals surface area (Å²) in [6.45, 7) is 0.783. The summed E-state index contributed by atoms with van der Waals surface area (Å²) in [5.41, 5.74) is 2.33. The summed E-state index contributed by atoms with van der Waals surface area (Å²) >= 11 is 1.42. The number of nitro benzene ring substituents is 2. The molecule has 10 nitrogen and oxygen atoms in total. The third-order valence-electron chi connectivity index (χ3n) is 7.09. The van der Waals surface area contributed by atoms with Crippen molar-refractivity contribution >= 4 is 62.5 Å². The predicted octanol–water partition coefficient (Wildman–Crippen LogP) is 5.50. The number of fused-ring (bicyclic) bond motifs is 4. The van der Waals surface area contributed by atoms with Gasteiger partial charge in [-0.3, -0.25) is 20.2 Å². The lowest BCUT2D eigenvalue weighted by Gasteiger charge is -2.13. The summed E-state index contributed by atoms with van der Waals surface area (Å²) in [4.78, 5) is 35.2. The van der Waals surface area contributed by atoms with Crippen LogP contribution in [0.2, 0.25) is 0 Å². The monoisotopic (exact) mass is 570 g/mol. The van der Waals surface area contributed by atoms with Crippen LogP contribution in [-0.2, 0) is 11.3 Å². The second kappa shape index (κ2) is 11.8. The average Bonchev–Trinajstić information content (AvgIpc) is 3.28. The number of aromatic nitrogens is 1. The molecule has 0 atom stereocenters. The first kappa shape index (κ1) is 27.8. The first-order chi connectivity index (χ1) is 19.7. The molecule has 0 N–H and O–H groups in total. The highest BCUT2D eigenvalue weighted by Crippen LogP contribution is 2.50. The van der Waals surface area contributed by atoms with Gasteiger partial charge in [0.2, 0.25) is 5.52 Å². The molecule has 0 unspecified atom stereocenters. The van der Waals surface area contributed by atoms with Gasteiger partial charge in [0, 0.05) is 47.9 Å². The predicted molar refractivity (Wildman–Crippen MR) is 156 cm³/mol. The van der Waals surface area contributed by atoms with E-state index in [1.165, 1.54) is 17.8 Å². The number of carbonyl (C=O) groups excluding carboxylic acids is 1. The number of para-hydroxylation sites is 1. The Morgan fingerprint density at radius 2 is 1.78 bits per heavy atom. The highest BCUT2D eigenvalue weighted by Gasteiger charge is 2.28. The summed E-state index contributed by atoms with van der Waals surface area (Å²) in [7, 11) is 1.89. The molecule has 0 aliphatic carbocycles. The van der Waals surface area contributed by atoms with E-state index in [0.717, 1.165) is 57.5 Å². The minimum atomic E-state index is -1.01. The molecule has 0 fully saturated rings. The highest BCUT2D eigenvalue weighted by molar-refractivity contribution is 8.04.